The lowest BCUT2D eigenvalue weighted by molar-refractivity contribution is 0.497. The van der Waals surface area contributed by atoms with Gasteiger partial charge in [0.1, 0.15) is 11.6 Å². The van der Waals surface area contributed by atoms with E-state index in [4.69, 9.17) is 5.73 Å². The highest BCUT2D eigenvalue weighted by Crippen LogP contribution is 2.26. The standard InChI is InChI=1S/C12H23N3/c1-6-8-15-10(13)9(7-2)14-11(15)12(3,4)5/h6-8,13H2,1-5H3. The molecule has 0 aliphatic heterocycles. The molecule has 2 N–H and O–H groups in total. The highest BCUT2D eigenvalue weighted by molar-refractivity contribution is 5.39. The fraction of sp³-hybridized carbons (Fsp3) is 0.750. The number of aromatic nitrogens is 2. The third kappa shape index (κ3) is 2.33. The van der Waals surface area contributed by atoms with Gasteiger partial charge in [0.05, 0.1) is 5.69 Å². The summed E-state index contributed by atoms with van der Waals surface area (Å²) in [5.74, 6) is 1.96. The Bertz CT molecular complexity index is 331. The molecule has 1 aromatic rings. The quantitative estimate of drug-likeness (QED) is 0.832. The van der Waals surface area contributed by atoms with Crippen LogP contribution in [0.3, 0.4) is 0 Å². The number of nitrogens with zero attached hydrogens (tertiary/aromatic N) is 2. The van der Waals surface area contributed by atoms with Crippen LogP contribution in [0.5, 0.6) is 0 Å². The van der Waals surface area contributed by atoms with Crippen LogP contribution in [0.25, 0.3) is 0 Å². The zero-order valence-corrected chi connectivity index (χ0v) is 10.6. The van der Waals surface area contributed by atoms with Crippen LogP contribution < -0.4 is 5.73 Å². The van der Waals surface area contributed by atoms with Gasteiger partial charge in [-0.3, -0.25) is 0 Å². The van der Waals surface area contributed by atoms with Crippen LogP contribution in [0.2, 0.25) is 0 Å². The number of aryl methyl sites for hydroxylation is 1. The van der Waals surface area contributed by atoms with Crippen molar-refractivity contribution < 1.29 is 0 Å². The highest BCUT2D eigenvalue weighted by Gasteiger charge is 2.23. The second-order valence-corrected chi connectivity index (χ2v) is 5.02. The van der Waals surface area contributed by atoms with E-state index < -0.39 is 0 Å². The summed E-state index contributed by atoms with van der Waals surface area (Å²) in [6.07, 6.45) is 2.00. The Hall–Kier alpha value is -0.990. The van der Waals surface area contributed by atoms with Crippen LogP contribution in [0.4, 0.5) is 5.82 Å². The van der Waals surface area contributed by atoms with Gasteiger partial charge in [0.2, 0.25) is 0 Å². The summed E-state index contributed by atoms with van der Waals surface area (Å²) >= 11 is 0. The summed E-state index contributed by atoms with van der Waals surface area (Å²) in [6.45, 7) is 11.8. The summed E-state index contributed by atoms with van der Waals surface area (Å²) in [5, 5.41) is 0. The van der Waals surface area contributed by atoms with Gasteiger partial charge in [-0.15, -0.1) is 0 Å². The molecule has 1 rings (SSSR count). The van der Waals surface area contributed by atoms with E-state index in [2.05, 4.69) is 44.2 Å². The molecule has 0 aliphatic carbocycles. The maximum absolute atomic E-state index is 6.10. The zero-order chi connectivity index (χ0) is 11.6. The molecule has 0 spiro atoms. The summed E-state index contributed by atoms with van der Waals surface area (Å²) in [6, 6.07) is 0. The molecule has 3 heteroatoms. The van der Waals surface area contributed by atoms with Gasteiger partial charge in [-0.25, -0.2) is 4.98 Å². The Labute approximate surface area is 92.7 Å². The van der Waals surface area contributed by atoms with Gasteiger partial charge in [-0.2, -0.15) is 0 Å². The van der Waals surface area contributed by atoms with Gasteiger partial charge in [0, 0.05) is 12.0 Å². The van der Waals surface area contributed by atoms with Crippen LogP contribution in [0, 0.1) is 0 Å². The molecule has 86 valence electrons. The first-order valence-electron chi connectivity index (χ1n) is 5.77. The molecule has 0 amide bonds. The first-order chi connectivity index (χ1) is 6.91. The van der Waals surface area contributed by atoms with E-state index in [0.29, 0.717) is 0 Å². The average Bonchev–Trinajstić information content (AvgIpc) is 2.44. The topological polar surface area (TPSA) is 43.8 Å². The van der Waals surface area contributed by atoms with Crippen molar-refractivity contribution in [1.29, 1.82) is 0 Å². The Kier molecular flexibility index (Phi) is 3.42. The van der Waals surface area contributed by atoms with Crippen LogP contribution in [-0.2, 0) is 18.4 Å². The smallest absolute Gasteiger partial charge is 0.126 e. The maximum Gasteiger partial charge on any atom is 0.126 e. The lowest BCUT2D eigenvalue weighted by atomic mass is 9.95. The normalized spacial score (nSPS) is 12.1. The van der Waals surface area contributed by atoms with Crippen molar-refractivity contribution in [3.8, 4) is 0 Å². The van der Waals surface area contributed by atoms with Crippen molar-refractivity contribution in [3.63, 3.8) is 0 Å². The molecule has 1 heterocycles. The monoisotopic (exact) mass is 209 g/mol. The molecular formula is C12H23N3. The fourth-order valence-electron chi connectivity index (χ4n) is 1.80. The molecule has 0 fully saturated rings. The molecule has 3 nitrogen and oxygen atoms in total. The first kappa shape index (κ1) is 12.1. The van der Waals surface area contributed by atoms with Crippen molar-refractivity contribution >= 4 is 5.82 Å². The van der Waals surface area contributed by atoms with Gasteiger partial charge in [0.15, 0.2) is 0 Å². The van der Waals surface area contributed by atoms with E-state index in [0.717, 1.165) is 36.7 Å². The SMILES string of the molecule is CCCn1c(C(C)(C)C)nc(CC)c1N. The van der Waals surface area contributed by atoms with E-state index in [1.165, 1.54) is 0 Å². The van der Waals surface area contributed by atoms with Crippen molar-refractivity contribution in [1.82, 2.24) is 9.55 Å². The molecular weight excluding hydrogens is 186 g/mol. The van der Waals surface area contributed by atoms with Gasteiger partial charge in [-0.1, -0.05) is 34.6 Å². The Balaban J connectivity index is 3.25. The van der Waals surface area contributed by atoms with Gasteiger partial charge in [-0.05, 0) is 12.8 Å². The number of hydrogen-bond acceptors (Lipinski definition) is 2. The van der Waals surface area contributed by atoms with E-state index in [1.807, 2.05) is 0 Å². The van der Waals surface area contributed by atoms with Crippen molar-refractivity contribution in [2.45, 2.75) is 59.4 Å². The predicted octanol–water partition coefficient (Wildman–Crippen LogP) is 2.74. The Morgan fingerprint density at radius 1 is 1.27 bits per heavy atom. The van der Waals surface area contributed by atoms with Gasteiger partial charge < -0.3 is 10.3 Å². The average molecular weight is 209 g/mol. The minimum Gasteiger partial charge on any atom is -0.384 e. The molecule has 15 heavy (non-hydrogen) atoms. The molecule has 0 aliphatic rings. The van der Waals surface area contributed by atoms with Gasteiger partial charge >= 0.3 is 0 Å². The zero-order valence-electron chi connectivity index (χ0n) is 10.6. The minimum atomic E-state index is 0.0662. The second kappa shape index (κ2) is 4.25. The summed E-state index contributed by atoms with van der Waals surface area (Å²) in [5.41, 5.74) is 7.20. The largest absolute Gasteiger partial charge is 0.384 e. The van der Waals surface area contributed by atoms with Crippen molar-refractivity contribution in [2.75, 3.05) is 5.73 Å². The van der Waals surface area contributed by atoms with Crippen molar-refractivity contribution in [2.24, 2.45) is 0 Å². The predicted molar refractivity (Wildman–Crippen MR) is 65.0 cm³/mol. The molecule has 0 aromatic carbocycles. The molecule has 1 aromatic heterocycles. The number of imidazole rings is 1. The molecule has 0 bridgehead atoms. The van der Waals surface area contributed by atoms with Crippen LogP contribution in [0.1, 0.15) is 52.6 Å². The molecule has 0 atom stereocenters. The van der Waals surface area contributed by atoms with Crippen molar-refractivity contribution in [3.05, 3.63) is 11.5 Å². The van der Waals surface area contributed by atoms with E-state index in [-0.39, 0.29) is 5.41 Å². The number of hydrogen-bond donors (Lipinski definition) is 1. The van der Waals surface area contributed by atoms with E-state index in [1.54, 1.807) is 0 Å². The third-order valence-electron chi connectivity index (χ3n) is 2.54. The van der Waals surface area contributed by atoms with Gasteiger partial charge in [0.25, 0.3) is 0 Å². The van der Waals surface area contributed by atoms with Crippen LogP contribution in [0.15, 0.2) is 0 Å². The van der Waals surface area contributed by atoms with Crippen LogP contribution >= 0.6 is 0 Å². The Morgan fingerprint density at radius 3 is 2.27 bits per heavy atom. The molecule has 0 saturated carbocycles. The fourth-order valence-corrected chi connectivity index (χ4v) is 1.80. The van der Waals surface area contributed by atoms with Crippen LogP contribution in [-0.4, -0.2) is 9.55 Å². The third-order valence-corrected chi connectivity index (χ3v) is 2.54. The second-order valence-electron chi connectivity index (χ2n) is 5.02. The maximum atomic E-state index is 6.10. The van der Waals surface area contributed by atoms with E-state index >= 15 is 0 Å². The summed E-state index contributed by atoms with van der Waals surface area (Å²) < 4.78 is 2.17. The summed E-state index contributed by atoms with van der Waals surface area (Å²) in [7, 11) is 0. The first-order valence-corrected chi connectivity index (χ1v) is 5.77. The number of nitrogen functional groups attached to an aromatic ring is 1. The number of rotatable bonds is 3. The molecule has 0 saturated heterocycles. The van der Waals surface area contributed by atoms with E-state index in [9.17, 15) is 0 Å². The number of anilines is 1. The molecule has 0 unspecified atom stereocenters. The highest BCUT2D eigenvalue weighted by atomic mass is 15.1. The molecule has 0 radical (unpaired) electrons. The minimum absolute atomic E-state index is 0.0662. The number of nitrogens with two attached hydrogens (primary N) is 1. The lowest BCUT2D eigenvalue weighted by Gasteiger charge is -2.19. The lowest BCUT2D eigenvalue weighted by Crippen LogP contribution is -2.19. The Morgan fingerprint density at radius 2 is 1.87 bits per heavy atom. The summed E-state index contributed by atoms with van der Waals surface area (Å²) in [4.78, 5) is 4.66.